The minimum Gasteiger partial charge on any atom is -0.288 e. The van der Waals surface area contributed by atoms with Gasteiger partial charge in [-0.15, -0.1) is 0 Å². The van der Waals surface area contributed by atoms with E-state index in [1.807, 2.05) is 31.2 Å². The molecule has 0 spiro atoms. The van der Waals surface area contributed by atoms with Crippen LogP contribution in [0.1, 0.15) is 16.7 Å². The van der Waals surface area contributed by atoms with E-state index in [9.17, 15) is 10.1 Å². The van der Waals surface area contributed by atoms with Crippen LogP contribution in [-0.4, -0.2) is 17.3 Å². The van der Waals surface area contributed by atoms with Gasteiger partial charge in [0.1, 0.15) is 0 Å². The third-order valence-corrected chi connectivity index (χ3v) is 2.74. The summed E-state index contributed by atoms with van der Waals surface area (Å²) in [4.78, 5) is 30.7. The molecule has 2 aromatic rings. The maximum Gasteiger partial charge on any atom is 0.373 e. The lowest BCUT2D eigenvalue weighted by Gasteiger charge is -1.97. The first kappa shape index (κ1) is 16.9. The fraction of sp³-hybridized carbons (Fsp3) is 0.125. The first-order valence-corrected chi connectivity index (χ1v) is 6.36. The van der Waals surface area contributed by atoms with Gasteiger partial charge < -0.3 is 0 Å². The second-order valence-electron chi connectivity index (χ2n) is 4.39. The number of nitro benzene ring substituents is 1. The highest BCUT2D eigenvalue weighted by molar-refractivity contribution is 5.79. The van der Waals surface area contributed by atoms with E-state index in [1.165, 1.54) is 17.7 Å². The summed E-state index contributed by atoms with van der Waals surface area (Å²) in [5.41, 5.74) is 3.32. The molecule has 6 heteroatoms. The van der Waals surface area contributed by atoms with Crippen LogP contribution in [0.25, 0.3) is 0 Å². The van der Waals surface area contributed by atoms with Crippen molar-refractivity contribution >= 4 is 18.1 Å². The van der Waals surface area contributed by atoms with Gasteiger partial charge in [-0.2, -0.15) is 9.59 Å². The van der Waals surface area contributed by atoms with Gasteiger partial charge in [-0.25, -0.2) is 0 Å². The summed E-state index contributed by atoms with van der Waals surface area (Å²) in [5.74, 6) is 0. The van der Waals surface area contributed by atoms with Gasteiger partial charge in [0, 0.05) is 18.3 Å². The van der Waals surface area contributed by atoms with Crippen LogP contribution in [0.5, 0.6) is 0 Å². The Morgan fingerprint density at radius 3 is 2.14 bits per heavy atom. The lowest BCUT2D eigenvalue weighted by atomic mass is 10.2. The van der Waals surface area contributed by atoms with E-state index >= 15 is 0 Å². The first-order valence-electron chi connectivity index (χ1n) is 6.36. The predicted octanol–water partition coefficient (Wildman–Crippen LogP) is 2.94. The third-order valence-electron chi connectivity index (χ3n) is 2.74. The highest BCUT2D eigenvalue weighted by Crippen LogP contribution is 2.12. The van der Waals surface area contributed by atoms with Crippen LogP contribution in [0.3, 0.4) is 0 Å². The molecule has 6 nitrogen and oxygen atoms in total. The molecule has 22 heavy (non-hydrogen) atoms. The van der Waals surface area contributed by atoms with Crippen LogP contribution >= 0.6 is 0 Å². The second kappa shape index (κ2) is 8.94. The van der Waals surface area contributed by atoms with Gasteiger partial charge in [-0.1, -0.05) is 42.0 Å². The van der Waals surface area contributed by atoms with Crippen molar-refractivity contribution in [2.45, 2.75) is 13.5 Å². The number of aryl methyl sites for hydroxylation is 1. The smallest absolute Gasteiger partial charge is 0.288 e. The topological polar surface area (TPSA) is 89.6 Å². The van der Waals surface area contributed by atoms with Gasteiger partial charge in [-0.05, 0) is 18.1 Å². The normalized spacial score (nSPS) is 9.68. The zero-order chi connectivity index (χ0) is 16.4. The van der Waals surface area contributed by atoms with Crippen LogP contribution in [0.4, 0.5) is 5.69 Å². The minimum atomic E-state index is -0.403. The minimum absolute atomic E-state index is 0.103. The number of rotatable bonds is 4. The third kappa shape index (κ3) is 5.90. The van der Waals surface area contributed by atoms with Crippen molar-refractivity contribution in [3.05, 3.63) is 75.3 Å². The molecule has 0 unspecified atom stereocenters. The first-order chi connectivity index (χ1) is 10.6. The fourth-order valence-corrected chi connectivity index (χ4v) is 1.63. The van der Waals surface area contributed by atoms with Crippen molar-refractivity contribution in [3.8, 4) is 0 Å². The number of carbonyl (C=O) groups excluding carboxylic acids is 2. The Kier molecular flexibility index (Phi) is 6.89. The predicted molar refractivity (Wildman–Crippen MR) is 80.6 cm³/mol. The van der Waals surface area contributed by atoms with E-state index in [0.29, 0.717) is 6.54 Å². The molecular formula is C16H14N2O4. The van der Waals surface area contributed by atoms with Crippen LogP contribution < -0.4 is 0 Å². The SMILES string of the molecule is Cc1ccc(C=NCc2ccc([N+](=O)[O-])cc2)cc1.O=C=O. The fourth-order valence-electron chi connectivity index (χ4n) is 1.63. The van der Waals surface area contributed by atoms with E-state index < -0.39 is 4.92 Å². The molecule has 0 bridgehead atoms. The Morgan fingerprint density at radius 2 is 1.64 bits per heavy atom. The summed E-state index contributed by atoms with van der Waals surface area (Å²) < 4.78 is 0. The molecule has 0 aliphatic carbocycles. The molecule has 0 aliphatic heterocycles. The molecule has 0 fully saturated rings. The van der Waals surface area contributed by atoms with Crippen LogP contribution in [0.2, 0.25) is 0 Å². The van der Waals surface area contributed by atoms with Crippen LogP contribution in [-0.2, 0) is 16.1 Å². The molecule has 0 radical (unpaired) electrons. The summed E-state index contributed by atoms with van der Waals surface area (Å²) in [6.45, 7) is 2.56. The summed E-state index contributed by atoms with van der Waals surface area (Å²) >= 11 is 0. The van der Waals surface area contributed by atoms with Crippen molar-refractivity contribution in [2.24, 2.45) is 4.99 Å². The van der Waals surface area contributed by atoms with Gasteiger partial charge in [0.2, 0.25) is 0 Å². The summed E-state index contributed by atoms with van der Waals surface area (Å²) in [6, 6.07) is 14.5. The molecule has 112 valence electrons. The summed E-state index contributed by atoms with van der Waals surface area (Å²) in [5, 5.41) is 10.5. The zero-order valence-corrected chi connectivity index (χ0v) is 11.9. The number of benzene rings is 2. The molecule has 0 N–H and O–H groups in total. The lowest BCUT2D eigenvalue weighted by Crippen LogP contribution is -1.89. The molecular weight excluding hydrogens is 284 g/mol. The van der Waals surface area contributed by atoms with Gasteiger partial charge in [-0.3, -0.25) is 15.1 Å². The van der Waals surface area contributed by atoms with Crippen molar-refractivity contribution in [3.63, 3.8) is 0 Å². The van der Waals surface area contributed by atoms with Crippen molar-refractivity contribution in [1.82, 2.24) is 0 Å². The molecule has 2 rings (SSSR count). The van der Waals surface area contributed by atoms with Gasteiger partial charge in [0.05, 0.1) is 11.5 Å². The molecule has 0 aliphatic rings. The Labute approximate surface area is 127 Å². The van der Waals surface area contributed by atoms with Gasteiger partial charge in [0.25, 0.3) is 5.69 Å². The number of non-ortho nitro benzene ring substituents is 1. The van der Waals surface area contributed by atoms with Crippen molar-refractivity contribution in [1.29, 1.82) is 0 Å². The van der Waals surface area contributed by atoms with Crippen LogP contribution in [0, 0.1) is 17.0 Å². The monoisotopic (exact) mass is 298 g/mol. The Morgan fingerprint density at radius 1 is 1.09 bits per heavy atom. The summed E-state index contributed by atoms with van der Waals surface area (Å²) in [6.07, 6.45) is 2.06. The summed E-state index contributed by atoms with van der Waals surface area (Å²) in [7, 11) is 0. The van der Waals surface area contributed by atoms with E-state index in [4.69, 9.17) is 9.59 Å². The van der Waals surface area contributed by atoms with E-state index in [2.05, 4.69) is 4.99 Å². The van der Waals surface area contributed by atoms with Crippen molar-refractivity contribution < 1.29 is 14.5 Å². The van der Waals surface area contributed by atoms with Gasteiger partial charge >= 0.3 is 6.15 Å². The number of nitrogens with zero attached hydrogens (tertiary/aromatic N) is 2. The van der Waals surface area contributed by atoms with Crippen molar-refractivity contribution in [2.75, 3.05) is 0 Å². The molecule has 2 aromatic carbocycles. The molecule has 0 atom stereocenters. The van der Waals surface area contributed by atoms with E-state index in [-0.39, 0.29) is 11.8 Å². The molecule has 0 saturated carbocycles. The molecule has 0 saturated heterocycles. The maximum absolute atomic E-state index is 10.5. The Hall–Kier alpha value is -3.11. The average molecular weight is 298 g/mol. The quantitative estimate of drug-likeness (QED) is 0.493. The van der Waals surface area contributed by atoms with Crippen LogP contribution in [0.15, 0.2) is 53.5 Å². The number of hydrogen-bond acceptors (Lipinski definition) is 5. The Balaban J connectivity index is 0.000000745. The number of aliphatic imine (C=N–C) groups is 1. The highest BCUT2D eigenvalue weighted by atomic mass is 16.6. The second-order valence-corrected chi connectivity index (χ2v) is 4.39. The maximum atomic E-state index is 10.5. The molecule has 0 heterocycles. The largest absolute Gasteiger partial charge is 0.373 e. The zero-order valence-electron chi connectivity index (χ0n) is 11.9. The average Bonchev–Trinajstić information content (AvgIpc) is 2.50. The highest BCUT2D eigenvalue weighted by Gasteiger charge is 2.02. The Bertz CT molecular complexity index is 670. The lowest BCUT2D eigenvalue weighted by molar-refractivity contribution is -0.384. The molecule has 0 amide bonds. The van der Waals surface area contributed by atoms with E-state index in [1.54, 1.807) is 18.3 Å². The number of nitro groups is 1. The molecule has 0 aromatic heterocycles. The number of hydrogen-bond donors (Lipinski definition) is 0. The standard InChI is InChI=1S/C15H14N2O2.CO2/c1-12-2-4-13(5-3-12)10-16-11-14-6-8-15(9-7-14)17(18)19;2-1-3/h2-10H,11H2,1H3;. The van der Waals surface area contributed by atoms with E-state index in [0.717, 1.165) is 11.1 Å². The van der Waals surface area contributed by atoms with Gasteiger partial charge in [0.15, 0.2) is 0 Å².